The maximum absolute atomic E-state index is 12.9. The molecular weight excluding hydrogens is 370 g/mol. The lowest BCUT2D eigenvalue weighted by atomic mass is 9.97. The summed E-state index contributed by atoms with van der Waals surface area (Å²) in [4.78, 5) is 26.6. The fourth-order valence-electron chi connectivity index (χ4n) is 3.03. The molecule has 1 heterocycles. The van der Waals surface area contributed by atoms with Gasteiger partial charge in [0.05, 0.1) is 31.3 Å². The third-order valence-corrected chi connectivity index (χ3v) is 4.65. The van der Waals surface area contributed by atoms with Crippen LogP contribution >= 0.6 is 11.6 Å². The van der Waals surface area contributed by atoms with Crippen LogP contribution in [0.4, 0.5) is 0 Å². The van der Waals surface area contributed by atoms with E-state index in [1.54, 1.807) is 24.0 Å². The molecule has 1 aliphatic heterocycles. The van der Waals surface area contributed by atoms with E-state index in [1.807, 2.05) is 13.8 Å². The number of benzene rings is 1. The van der Waals surface area contributed by atoms with Gasteiger partial charge in [-0.1, -0.05) is 25.4 Å². The van der Waals surface area contributed by atoms with Crippen LogP contribution in [0.5, 0.6) is 11.5 Å². The van der Waals surface area contributed by atoms with E-state index in [9.17, 15) is 9.59 Å². The average Bonchev–Trinajstić information content (AvgIpc) is 2.66. The van der Waals surface area contributed by atoms with Gasteiger partial charge in [0.15, 0.2) is 11.5 Å². The smallest absolute Gasteiger partial charge is 0.310 e. The van der Waals surface area contributed by atoms with Crippen molar-refractivity contribution < 1.29 is 23.8 Å². The minimum Gasteiger partial charge on any atom is -0.493 e. The third-order valence-electron chi connectivity index (χ3n) is 4.37. The predicted octanol–water partition coefficient (Wildman–Crippen LogP) is 3.80. The first-order valence-corrected chi connectivity index (χ1v) is 9.71. The molecule has 2 rings (SSSR count). The van der Waals surface area contributed by atoms with Crippen molar-refractivity contribution in [3.05, 3.63) is 22.7 Å². The number of piperidine rings is 1. The molecule has 1 fully saturated rings. The fraction of sp³-hybridized carbons (Fsp3) is 0.600. The Morgan fingerprint density at radius 3 is 2.70 bits per heavy atom. The highest BCUT2D eigenvalue weighted by molar-refractivity contribution is 6.32. The molecule has 1 aromatic carbocycles. The average molecular weight is 398 g/mol. The van der Waals surface area contributed by atoms with E-state index in [-0.39, 0.29) is 17.8 Å². The Balaban J connectivity index is 2.18. The lowest BCUT2D eigenvalue weighted by molar-refractivity contribution is -0.149. The largest absolute Gasteiger partial charge is 0.493 e. The van der Waals surface area contributed by atoms with E-state index in [2.05, 4.69) is 0 Å². The predicted molar refractivity (Wildman–Crippen MR) is 104 cm³/mol. The van der Waals surface area contributed by atoms with Crippen molar-refractivity contribution in [1.82, 2.24) is 4.90 Å². The molecule has 0 aromatic heterocycles. The van der Waals surface area contributed by atoms with E-state index < -0.39 is 0 Å². The van der Waals surface area contributed by atoms with Gasteiger partial charge in [-0.3, -0.25) is 9.59 Å². The maximum atomic E-state index is 12.9. The van der Waals surface area contributed by atoms with Gasteiger partial charge in [-0.2, -0.15) is 0 Å². The van der Waals surface area contributed by atoms with Crippen molar-refractivity contribution in [1.29, 1.82) is 0 Å². The minimum absolute atomic E-state index is 0.181. The number of halogens is 1. The van der Waals surface area contributed by atoms with E-state index in [0.717, 1.165) is 12.8 Å². The van der Waals surface area contributed by atoms with Crippen molar-refractivity contribution in [2.45, 2.75) is 33.6 Å². The van der Waals surface area contributed by atoms with Gasteiger partial charge in [-0.15, -0.1) is 0 Å². The van der Waals surface area contributed by atoms with Crippen LogP contribution < -0.4 is 9.47 Å². The number of rotatable bonds is 7. The van der Waals surface area contributed by atoms with Crippen LogP contribution in [-0.4, -0.2) is 50.2 Å². The number of amides is 1. The first kappa shape index (κ1) is 21.4. The zero-order chi connectivity index (χ0) is 20.0. The molecule has 0 spiro atoms. The molecule has 0 N–H and O–H groups in total. The summed E-state index contributed by atoms with van der Waals surface area (Å²) >= 11 is 6.35. The van der Waals surface area contributed by atoms with E-state index in [0.29, 0.717) is 54.3 Å². The standard InChI is InChI=1S/C20H28ClNO5/c1-5-26-20(24)14-7-6-8-22(11-14)19(23)15-9-16(21)18(17(10-15)25-4)27-12-13(2)3/h9-10,13-14H,5-8,11-12H2,1-4H3/t14-/m0/s1. The highest BCUT2D eigenvalue weighted by atomic mass is 35.5. The number of nitrogens with zero attached hydrogens (tertiary/aromatic N) is 1. The Bertz CT molecular complexity index is 677. The van der Waals surface area contributed by atoms with Crippen molar-refractivity contribution in [2.75, 3.05) is 33.4 Å². The third kappa shape index (κ3) is 5.51. The molecule has 1 amide bonds. The quantitative estimate of drug-likeness (QED) is 0.655. The molecule has 27 heavy (non-hydrogen) atoms. The Morgan fingerprint density at radius 1 is 1.33 bits per heavy atom. The number of esters is 1. The molecule has 7 heteroatoms. The second kappa shape index (κ2) is 9.83. The maximum Gasteiger partial charge on any atom is 0.310 e. The highest BCUT2D eigenvalue weighted by Crippen LogP contribution is 2.37. The molecule has 0 unspecified atom stereocenters. The van der Waals surface area contributed by atoms with Crippen LogP contribution in [0.3, 0.4) is 0 Å². The van der Waals surface area contributed by atoms with Crippen LogP contribution in [-0.2, 0) is 9.53 Å². The molecule has 150 valence electrons. The van der Waals surface area contributed by atoms with Gasteiger partial charge < -0.3 is 19.1 Å². The summed E-state index contributed by atoms with van der Waals surface area (Å²) < 4.78 is 16.2. The van der Waals surface area contributed by atoms with Gasteiger partial charge in [0.2, 0.25) is 0 Å². The van der Waals surface area contributed by atoms with Gasteiger partial charge in [0.25, 0.3) is 5.91 Å². The number of hydrogen-bond donors (Lipinski definition) is 0. The fourth-order valence-corrected chi connectivity index (χ4v) is 3.30. The van der Waals surface area contributed by atoms with Gasteiger partial charge >= 0.3 is 5.97 Å². The second-order valence-corrected chi connectivity index (χ2v) is 7.44. The summed E-state index contributed by atoms with van der Waals surface area (Å²) in [6.45, 7) is 7.64. The van der Waals surface area contributed by atoms with Crippen molar-refractivity contribution in [3.63, 3.8) is 0 Å². The molecule has 1 aromatic rings. The summed E-state index contributed by atoms with van der Waals surface area (Å²) in [5, 5.41) is 0.331. The number of carbonyl (C=O) groups excluding carboxylic acids is 2. The molecule has 1 saturated heterocycles. The second-order valence-electron chi connectivity index (χ2n) is 7.04. The van der Waals surface area contributed by atoms with Crippen LogP contribution in [0.15, 0.2) is 12.1 Å². The van der Waals surface area contributed by atoms with Gasteiger partial charge in [0.1, 0.15) is 0 Å². The minimum atomic E-state index is -0.284. The summed E-state index contributed by atoms with van der Waals surface area (Å²) in [5.74, 6) is 0.481. The molecular formula is C20H28ClNO5. The van der Waals surface area contributed by atoms with Crippen LogP contribution in [0.25, 0.3) is 0 Å². The number of methoxy groups -OCH3 is 1. The van der Waals surface area contributed by atoms with E-state index >= 15 is 0 Å². The Morgan fingerprint density at radius 2 is 2.07 bits per heavy atom. The first-order chi connectivity index (χ1) is 12.9. The normalized spacial score (nSPS) is 17.0. The molecule has 1 aliphatic rings. The number of hydrogen-bond acceptors (Lipinski definition) is 5. The van der Waals surface area contributed by atoms with Gasteiger partial charge in [0, 0.05) is 18.7 Å². The Labute approximate surface area is 165 Å². The molecule has 0 radical (unpaired) electrons. The molecule has 0 bridgehead atoms. The van der Waals surface area contributed by atoms with Crippen LogP contribution in [0, 0.1) is 11.8 Å². The van der Waals surface area contributed by atoms with Gasteiger partial charge in [-0.25, -0.2) is 0 Å². The Kier molecular flexibility index (Phi) is 7.78. The summed E-state index contributed by atoms with van der Waals surface area (Å²) in [6.07, 6.45) is 1.49. The van der Waals surface area contributed by atoms with Crippen LogP contribution in [0.2, 0.25) is 5.02 Å². The number of carbonyl (C=O) groups is 2. The summed E-state index contributed by atoms with van der Waals surface area (Å²) in [5.41, 5.74) is 0.415. The van der Waals surface area contributed by atoms with E-state index in [4.69, 9.17) is 25.8 Å². The molecule has 0 saturated carbocycles. The summed E-state index contributed by atoms with van der Waals surface area (Å²) in [7, 11) is 1.51. The van der Waals surface area contributed by atoms with Gasteiger partial charge in [-0.05, 0) is 37.8 Å². The highest BCUT2D eigenvalue weighted by Gasteiger charge is 2.30. The van der Waals surface area contributed by atoms with Crippen LogP contribution in [0.1, 0.15) is 44.0 Å². The zero-order valence-corrected chi connectivity index (χ0v) is 17.2. The lowest BCUT2D eigenvalue weighted by Gasteiger charge is -2.31. The van der Waals surface area contributed by atoms with Crippen molar-refractivity contribution in [2.24, 2.45) is 11.8 Å². The SMILES string of the molecule is CCOC(=O)[C@H]1CCCN(C(=O)c2cc(Cl)c(OCC(C)C)c(OC)c2)C1. The molecule has 0 aliphatic carbocycles. The van der Waals surface area contributed by atoms with Crippen molar-refractivity contribution >= 4 is 23.5 Å². The lowest BCUT2D eigenvalue weighted by Crippen LogP contribution is -2.42. The Hall–Kier alpha value is -1.95. The topological polar surface area (TPSA) is 65.1 Å². The number of likely N-dealkylation sites (tertiary alicyclic amines) is 1. The summed E-state index contributed by atoms with van der Waals surface area (Å²) in [6, 6.07) is 3.23. The zero-order valence-electron chi connectivity index (χ0n) is 16.4. The molecule has 1 atom stereocenters. The number of ether oxygens (including phenoxy) is 3. The molecule has 6 nitrogen and oxygen atoms in total. The monoisotopic (exact) mass is 397 g/mol. The van der Waals surface area contributed by atoms with Crippen molar-refractivity contribution in [3.8, 4) is 11.5 Å². The first-order valence-electron chi connectivity index (χ1n) is 9.33. The van der Waals surface area contributed by atoms with E-state index in [1.165, 1.54) is 7.11 Å².